The number of aryl methyl sites for hydroxylation is 4. The van der Waals surface area contributed by atoms with Crippen molar-refractivity contribution in [3.8, 4) is 0 Å². The van der Waals surface area contributed by atoms with E-state index in [4.69, 9.17) is 0 Å². The fourth-order valence-corrected chi connectivity index (χ4v) is 10.9. The molecular weight excluding hydrogens is 765 g/mol. The Morgan fingerprint density at radius 3 is 1.24 bits per heavy atom. The Balaban J connectivity index is 1.09. The molecular formula is C59H44N4. The quantitative estimate of drug-likeness (QED) is 0.166. The van der Waals surface area contributed by atoms with Crippen molar-refractivity contribution >= 4 is 110 Å². The van der Waals surface area contributed by atoms with Crippen molar-refractivity contribution in [1.29, 1.82) is 0 Å². The number of nitrogens with zero attached hydrogens (tertiary/aromatic N) is 4. The number of hydrogen-bond acceptors (Lipinski definition) is 2. The molecule has 0 atom stereocenters. The summed E-state index contributed by atoms with van der Waals surface area (Å²) in [5, 5.41) is 10.1. The zero-order valence-corrected chi connectivity index (χ0v) is 36.0. The molecule has 0 fully saturated rings. The third-order valence-electron chi connectivity index (χ3n) is 14.2. The van der Waals surface area contributed by atoms with Crippen LogP contribution in [-0.4, -0.2) is 8.80 Å². The van der Waals surface area contributed by atoms with Gasteiger partial charge in [-0.1, -0.05) is 91.0 Å². The average Bonchev–Trinajstić information content (AvgIpc) is 4.04. The molecule has 4 aromatic heterocycles. The second-order valence-electron chi connectivity index (χ2n) is 17.6. The van der Waals surface area contributed by atoms with Crippen LogP contribution in [0.3, 0.4) is 0 Å². The largest absolute Gasteiger partial charge is 0.310 e. The molecule has 4 nitrogen and oxygen atoms in total. The zero-order valence-electron chi connectivity index (χ0n) is 36.0. The predicted octanol–water partition coefficient (Wildman–Crippen LogP) is 16.5. The van der Waals surface area contributed by atoms with Crippen LogP contribution in [0.5, 0.6) is 0 Å². The van der Waals surface area contributed by atoms with E-state index in [-0.39, 0.29) is 0 Å². The molecule has 4 heteroatoms. The van der Waals surface area contributed by atoms with E-state index in [0.717, 1.165) is 17.1 Å². The Hall–Kier alpha value is -7.82. The number of rotatable bonds is 6. The summed E-state index contributed by atoms with van der Waals surface area (Å²) >= 11 is 0. The van der Waals surface area contributed by atoms with E-state index < -0.39 is 0 Å². The molecule has 63 heavy (non-hydrogen) atoms. The third kappa shape index (κ3) is 4.92. The first-order chi connectivity index (χ1) is 30.9. The van der Waals surface area contributed by atoms with Gasteiger partial charge in [0.2, 0.25) is 0 Å². The van der Waals surface area contributed by atoms with Crippen LogP contribution < -0.4 is 9.80 Å². The summed E-state index contributed by atoms with van der Waals surface area (Å²) in [5.74, 6) is 0. The van der Waals surface area contributed by atoms with Crippen molar-refractivity contribution in [2.75, 3.05) is 9.80 Å². The Morgan fingerprint density at radius 2 is 0.746 bits per heavy atom. The van der Waals surface area contributed by atoms with Gasteiger partial charge in [-0.3, -0.25) is 0 Å². The Kier molecular flexibility index (Phi) is 7.46. The number of fused-ring (bicyclic) bond motifs is 12. The highest BCUT2D eigenvalue weighted by Crippen LogP contribution is 2.50. The van der Waals surface area contributed by atoms with Gasteiger partial charge < -0.3 is 18.6 Å². The molecule has 0 spiro atoms. The molecule has 0 unspecified atom stereocenters. The van der Waals surface area contributed by atoms with Crippen LogP contribution in [0.25, 0.3) is 76.2 Å². The first kappa shape index (κ1) is 35.9. The summed E-state index contributed by atoms with van der Waals surface area (Å²) in [5.41, 5.74) is 20.9. The number of anilines is 6. The van der Waals surface area contributed by atoms with Gasteiger partial charge >= 0.3 is 0 Å². The van der Waals surface area contributed by atoms with Crippen LogP contribution in [0.2, 0.25) is 0 Å². The van der Waals surface area contributed by atoms with Crippen LogP contribution in [0.15, 0.2) is 176 Å². The Labute approximate surface area is 365 Å². The van der Waals surface area contributed by atoms with Gasteiger partial charge in [0.1, 0.15) is 0 Å². The summed E-state index contributed by atoms with van der Waals surface area (Å²) < 4.78 is 5.08. The maximum atomic E-state index is 2.54. The molecule has 13 aromatic rings. The lowest BCUT2D eigenvalue weighted by atomic mass is 10.0. The van der Waals surface area contributed by atoms with Crippen molar-refractivity contribution in [3.63, 3.8) is 0 Å². The van der Waals surface area contributed by atoms with E-state index >= 15 is 0 Å². The molecule has 0 amide bonds. The van der Waals surface area contributed by atoms with Gasteiger partial charge in [0.05, 0.1) is 44.5 Å². The SMILES string of the molecule is Cc1ccc(N(c2ccccc2)c2cccc3c2c2cccc4c5cc6c(cc5n3c42)c2cccc3c4c(N(c5ccccc5)c5cc(C)c(C)c(C)c5)cccc4n6c23)cc1C. The second-order valence-corrected chi connectivity index (χ2v) is 17.6. The van der Waals surface area contributed by atoms with Crippen molar-refractivity contribution in [2.24, 2.45) is 0 Å². The van der Waals surface area contributed by atoms with Crippen molar-refractivity contribution in [2.45, 2.75) is 34.6 Å². The fourth-order valence-electron chi connectivity index (χ4n) is 10.9. The van der Waals surface area contributed by atoms with E-state index in [1.165, 1.54) is 121 Å². The van der Waals surface area contributed by atoms with Gasteiger partial charge in [-0.25, -0.2) is 0 Å². The Morgan fingerprint density at radius 1 is 0.302 bits per heavy atom. The standard InChI is InChI=1S/C59H44N4/c1-35-28-29-42(30-36(35)2)60(40-16-8-6-9-17-40)50-24-14-26-52-56(50)46-22-12-20-44-48-34-55-49(33-54(48)62(52)58(44)46)45-21-13-23-47-57-51(25-15-27-53(57)63(55)59(45)47)61(41-18-10-7-11-19-41)43-31-37(3)39(5)38(4)32-43/h6-34H,1-5H3. The van der Waals surface area contributed by atoms with Crippen molar-refractivity contribution < 1.29 is 0 Å². The van der Waals surface area contributed by atoms with Gasteiger partial charge in [0, 0.05) is 65.8 Å². The summed E-state index contributed by atoms with van der Waals surface area (Å²) in [6.45, 7) is 11.1. The second kappa shape index (κ2) is 13.1. The van der Waals surface area contributed by atoms with E-state index in [1.807, 2.05) is 0 Å². The van der Waals surface area contributed by atoms with Gasteiger partial charge in [-0.2, -0.15) is 0 Å². The van der Waals surface area contributed by atoms with Crippen LogP contribution in [0.4, 0.5) is 34.1 Å². The van der Waals surface area contributed by atoms with Gasteiger partial charge in [0.25, 0.3) is 0 Å². The number of hydrogen-bond donors (Lipinski definition) is 0. The summed E-state index contributed by atoms with van der Waals surface area (Å²) in [6, 6.07) is 65.6. The maximum Gasteiger partial charge on any atom is 0.0621 e. The van der Waals surface area contributed by atoms with E-state index in [0.29, 0.717) is 0 Å². The third-order valence-corrected chi connectivity index (χ3v) is 14.2. The van der Waals surface area contributed by atoms with Crippen molar-refractivity contribution in [1.82, 2.24) is 8.80 Å². The number of aromatic nitrogens is 2. The molecule has 0 aliphatic heterocycles. The van der Waals surface area contributed by atoms with Crippen molar-refractivity contribution in [3.05, 3.63) is 204 Å². The lowest BCUT2D eigenvalue weighted by molar-refractivity contribution is 1.22. The molecule has 0 N–H and O–H groups in total. The molecule has 0 saturated carbocycles. The smallest absolute Gasteiger partial charge is 0.0621 e. The molecule has 13 rings (SSSR count). The monoisotopic (exact) mass is 808 g/mol. The summed E-state index contributed by atoms with van der Waals surface area (Å²) in [4.78, 5) is 4.89. The molecule has 0 bridgehead atoms. The minimum absolute atomic E-state index is 1.14. The minimum atomic E-state index is 1.14. The normalized spacial score (nSPS) is 12.2. The molecule has 0 aliphatic rings. The summed E-state index contributed by atoms with van der Waals surface area (Å²) in [7, 11) is 0. The highest BCUT2D eigenvalue weighted by molar-refractivity contribution is 6.31. The lowest BCUT2D eigenvalue weighted by Crippen LogP contribution is -2.11. The van der Waals surface area contributed by atoms with E-state index in [1.54, 1.807) is 0 Å². The molecule has 0 saturated heterocycles. The van der Waals surface area contributed by atoms with E-state index in [2.05, 4.69) is 229 Å². The maximum absolute atomic E-state index is 2.54. The lowest BCUT2D eigenvalue weighted by Gasteiger charge is -2.27. The molecule has 0 aliphatic carbocycles. The van der Waals surface area contributed by atoms with Gasteiger partial charge in [-0.15, -0.1) is 0 Å². The first-order valence-corrected chi connectivity index (χ1v) is 22.0. The minimum Gasteiger partial charge on any atom is -0.310 e. The Bertz CT molecular complexity index is 3940. The van der Waals surface area contributed by atoms with Gasteiger partial charge in [0.15, 0.2) is 0 Å². The molecule has 300 valence electrons. The van der Waals surface area contributed by atoms with Crippen LogP contribution in [0, 0.1) is 34.6 Å². The van der Waals surface area contributed by atoms with Gasteiger partial charge in [-0.05, 0) is 147 Å². The predicted molar refractivity (Wildman–Crippen MR) is 269 cm³/mol. The summed E-state index contributed by atoms with van der Waals surface area (Å²) in [6.07, 6.45) is 0. The van der Waals surface area contributed by atoms with Crippen LogP contribution in [-0.2, 0) is 0 Å². The molecule has 9 aromatic carbocycles. The average molecular weight is 809 g/mol. The highest BCUT2D eigenvalue weighted by atomic mass is 15.2. The zero-order chi connectivity index (χ0) is 42.2. The number of benzene rings is 9. The van der Waals surface area contributed by atoms with Crippen LogP contribution in [0.1, 0.15) is 27.8 Å². The molecule has 0 radical (unpaired) electrons. The van der Waals surface area contributed by atoms with Crippen LogP contribution >= 0.6 is 0 Å². The topological polar surface area (TPSA) is 15.3 Å². The highest BCUT2D eigenvalue weighted by Gasteiger charge is 2.27. The fraction of sp³-hybridized carbons (Fsp3) is 0.0847. The number of para-hydroxylation sites is 4. The first-order valence-electron chi connectivity index (χ1n) is 22.0. The molecule has 4 heterocycles. The van der Waals surface area contributed by atoms with E-state index in [9.17, 15) is 0 Å².